The Hall–Kier alpha value is -0.230. The molecule has 0 heterocycles. The van der Waals surface area contributed by atoms with E-state index in [9.17, 15) is 17.2 Å². The summed E-state index contributed by atoms with van der Waals surface area (Å²) < 4.78 is 50.4. The van der Waals surface area contributed by atoms with Gasteiger partial charge in [-0.2, -0.15) is 8.42 Å². The molecule has 0 amide bonds. The summed E-state index contributed by atoms with van der Waals surface area (Å²) in [5.74, 6) is 0. The molecule has 0 bridgehead atoms. The SMILES string of the molecule is CC(C(F)F)S(=O)(=O)O. The number of hydrogen-bond acceptors (Lipinski definition) is 2. The van der Waals surface area contributed by atoms with Crippen molar-refractivity contribution in [3.63, 3.8) is 0 Å². The highest BCUT2D eigenvalue weighted by Crippen LogP contribution is 2.07. The van der Waals surface area contributed by atoms with Crippen LogP contribution in [0, 0.1) is 0 Å². The summed E-state index contributed by atoms with van der Waals surface area (Å²) in [5, 5.41) is -1.99. The Labute approximate surface area is 51.4 Å². The molecule has 3 nitrogen and oxygen atoms in total. The fraction of sp³-hybridized carbons (Fsp3) is 1.00. The van der Waals surface area contributed by atoms with Crippen LogP contribution < -0.4 is 0 Å². The topological polar surface area (TPSA) is 54.4 Å². The Kier molecular flexibility index (Phi) is 2.50. The fourth-order valence-corrected chi connectivity index (χ4v) is 0.390. The Bertz CT molecular complexity index is 173. The van der Waals surface area contributed by atoms with Gasteiger partial charge in [-0.1, -0.05) is 0 Å². The molecule has 0 saturated heterocycles. The zero-order valence-electron chi connectivity index (χ0n) is 4.58. The first-order valence-electron chi connectivity index (χ1n) is 2.10. The van der Waals surface area contributed by atoms with Crippen LogP contribution in [0.5, 0.6) is 0 Å². The molecular formula is C3H6F2O3S. The Balaban J connectivity index is 4.24. The van der Waals surface area contributed by atoms with E-state index in [1.807, 2.05) is 0 Å². The highest BCUT2D eigenvalue weighted by molar-refractivity contribution is 7.86. The maximum atomic E-state index is 11.4. The van der Waals surface area contributed by atoms with Crippen molar-refractivity contribution in [2.45, 2.75) is 18.6 Å². The van der Waals surface area contributed by atoms with Gasteiger partial charge in [0.05, 0.1) is 0 Å². The third-order valence-corrected chi connectivity index (χ3v) is 1.97. The number of alkyl halides is 2. The number of hydrogen-bond donors (Lipinski definition) is 1. The molecule has 0 aromatic heterocycles. The van der Waals surface area contributed by atoms with Crippen LogP contribution in [-0.2, 0) is 10.1 Å². The minimum atomic E-state index is -4.55. The van der Waals surface area contributed by atoms with E-state index in [0.29, 0.717) is 0 Å². The van der Waals surface area contributed by atoms with Gasteiger partial charge in [-0.15, -0.1) is 0 Å². The molecule has 0 fully saturated rings. The van der Waals surface area contributed by atoms with Crippen molar-refractivity contribution >= 4 is 10.1 Å². The molecule has 0 aromatic carbocycles. The van der Waals surface area contributed by atoms with Gasteiger partial charge in [-0.25, -0.2) is 8.78 Å². The lowest BCUT2D eigenvalue weighted by atomic mass is 10.5. The van der Waals surface area contributed by atoms with Crippen molar-refractivity contribution in [3.8, 4) is 0 Å². The molecule has 1 atom stereocenters. The first kappa shape index (κ1) is 8.77. The third-order valence-electron chi connectivity index (χ3n) is 0.825. The van der Waals surface area contributed by atoms with Crippen LogP contribution in [0.3, 0.4) is 0 Å². The van der Waals surface area contributed by atoms with Crippen molar-refractivity contribution in [2.24, 2.45) is 0 Å². The second kappa shape index (κ2) is 2.57. The standard InChI is InChI=1S/C3H6F2O3S/c1-2(3(4)5)9(6,7)8/h2-3H,1H3,(H,6,7,8). The van der Waals surface area contributed by atoms with Crippen LogP contribution in [0.2, 0.25) is 0 Å². The van der Waals surface area contributed by atoms with Crippen LogP contribution in [0.1, 0.15) is 6.92 Å². The second-order valence-electron chi connectivity index (χ2n) is 1.55. The molecule has 0 radical (unpaired) electrons. The summed E-state index contributed by atoms with van der Waals surface area (Å²) in [4.78, 5) is 0. The summed E-state index contributed by atoms with van der Waals surface area (Å²) >= 11 is 0. The molecular weight excluding hydrogens is 154 g/mol. The first-order valence-corrected chi connectivity index (χ1v) is 3.60. The minimum Gasteiger partial charge on any atom is -0.285 e. The van der Waals surface area contributed by atoms with Crippen molar-refractivity contribution < 1.29 is 21.8 Å². The molecule has 0 aliphatic heterocycles. The van der Waals surface area contributed by atoms with Crippen molar-refractivity contribution in [3.05, 3.63) is 0 Å². The molecule has 0 rings (SSSR count). The van der Waals surface area contributed by atoms with Crippen molar-refractivity contribution in [1.82, 2.24) is 0 Å². The van der Waals surface area contributed by atoms with Crippen LogP contribution in [0.15, 0.2) is 0 Å². The second-order valence-corrected chi connectivity index (χ2v) is 3.33. The van der Waals surface area contributed by atoms with Gasteiger partial charge in [-0.05, 0) is 6.92 Å². The highest BCUT2D eigenvalue weighted by Gasteiger charge is 2.26. The molecule has 1 N–H and O–H groups in total. The van der Waals surface area contributed by atoms with Crippen molar-refractivity contribution in [2.75, 3.05) is 0 Å². The maximum Gasteiger partial charge on any atom is 0.273 e. The van der Waals surface area contributed by atoms with Crippen LogP contribution in [0.25, 0.3) is 0 Å². The Morgan fingerprint density at radius 1 is 1.44 bits per heavy atom. The van der Waals surface area contributed by atoms with E-state index in [-0.39, 0.29) is 0 Å². The average Bonchev–Trinajstić information content (AvgIpc) is 1.62. The first-order chi connectivity index (χ1) is 3.85. The summed E-state index contributed by atoms with van der Waals surface area (Å²) in [6, 6.07) is 0. The average molecular weight is 160 g/mol. The van der Waals surface area contributed by atoms with Crippen LogP contribution in [0.4, 0.5) is 8.78 Å². The van der Waals surface area contributed by atoms with E-state index in [1.54, 1.807) is 0 Å². The van der Waals surface area contributed by atoms with Gasteiger partial charge in [0.15, 0.2) is 0 Å². The summed E-state index contributed by atoms with van der Waals surface area (Å²) in [6.07, 6.45) is -3.03. The maximum absolute atomic E-state index is 11.4. The van der Waals surface area contributed by atoms with Gasteiger partial charge in [0, 0.05) is 0 Å². The van der Waals surface area contributed by atoms with Gasteiger partial charge in [-0.3, -0.25) is 4.55 Å². The van der Waals surface area contributed by atoms with E-state index < -0.39 is 21.8 Å². The molecule has 6 heteroatoms. The minimum absolute atomic E-state index is 0.736. The predicted molar refractivity (Wildman–Crippen MR) is 27.0 cm³/mol. The third kappa shape index (κ3) is 2.71. The van der Waals surface area contributed by atoms with Gasteiger partial charge in [0.2, 0.25) is 0 Å². The van der Waals surface area contributed by atoms with Gasteiger partial charge in [0.25, 0.3) is 16.5 Å². The summed E-state index contributed by atoms with van der Waals surface area (Å²) in [5.41, 5.74) is 0. The summed E-state index contributed by atoms with van der Waals surface area (Å²) in [6.45, 7) is 0.736. The normalized spacial score (nSPS) is 16.1. The number of rotatable bonds is 2. The molecule has 0 saturated carbocycles. The lowest BCUT2D eigenvalue weighted by molar-refractivity contribution is 0.143. The van der Waals surface area contributed by atoms with E-state index in [1.165, 1.54) is 0 Å². The number of halogens is 2. The van der Waals surface area contributed by atoms with Crippen LogP contribution >= 0.6 is 0 Å². The highest BCUT2D eigenvalue weighted by atomic mass is 32.2. The molecule has 0 aliphatic rings. The van der Waals surface area contributed by atoms with E-state index in [4.69, 9.17) is 4.55 Å². The zero-order valence-corrected chi connectivity index (χ0v) is 5.40. The molecule has 56 valence electrons. The molecule has 9 heavy (non-hydrogen) atoms. The lowest BCUT2D eigenvalue weighted by Gasteiger charge is -2.03. The van der Waals surface area contributed by atoms with Crippen LogP contribution in [-0.4, -0.2) is 24.6 Å². The van der Waals surface area contributed by atoms with Gasteiger partial charge >= 0.3 is 0 Å². The van der Waals surface area contributed by atoms with E-state index in [0.717, 1.165) is 6.92 Å². The van der Waals surface area contributed by atoms with Crippen molar-refractivity contribution in [1.29, 1.82) is 0 Å². The zero-order chi connectivity index (χ0) is 7.65. The summed E-state index contributed by atoms with van der Waals surface area (Å²) in [7, 11) is -4.55. The van der Waals surface area contributed by atoms with Gasteiger partial charge < -0.3 is 0 Å². The molecule has 0 spiro atoms. The molecule has 0 aliphatic carbocycles. The fourth-order valence-electron chi connectivity index (χ4n) is 0.130. The molecule has 0 aromatic rings. The quantitative estimate of drug-likeness (QED) is 0.599. The van der Waals surface area contributed by atoms with E-state index in [2.05, 4.69) is 0 Å². The predicted octanol–water partition coefficient (Wildman–Crippen LogP) is 0.528. The monoisotopic (exact) mass is 160 g/mol. The Morgan fingerprint density at radius 3 is 1.78 bits per heavy atom. The largest absolute Gasteiger partial charge is 0.285 e. The van der Waals surface area contributed by atoms with E-state index >= 15 is 0 Å². The Morgan fingerprint density at radius 2 is 1.78 bits per heavy atom. The van der Waals surface area contributed by atoms with Gasteiger partial charge in [0.1, 0.15) is 5.25 Å². The molecule has 1 unspecified atom stereocenters. The lowest BCUT2D eigenvalue weighted by Crippen LogP contribution is -2.24. The smallest absolute Gasteiger partial charge is 0.273 e.